The first-order valence-electron chi connectivity index (χ1n) is 3.64. The molecule has 0 bridgehead atoms. The molecule has 0 aromatic carbocycles. The van der Waals surface area contributed by atoms with E-state index in [0.717, 1.165) is 0 Å². The van der Waals surface area contributed by atoms with E-state index in [0.29, 0.717) is 0 Å². The molecule has 0 aliphatic carbocycles. The number of nitrogens with zero attached hydrogens (tertiary/aromatic N) is 3. The van der Waals surface area contributed by atoms with Crippen LogP contribution in [0.4, 0.5) is 0 Å². The average Bonchev–Trinajstić information content (AvgIpc) is 1.84. The Hall–Kier alpha value is 0.679. The molecule has 66 valence electrons. The van der Waals surface area contributed by atoms with Gasteiger partial charge in [0.1, 0.15) is 0 Å². The molecule has 0 saturated carbocycles. The minimum atomic E-state index is 0.130. The molecule has 0 N–H and O–H groups in total. The molecule has 0 atom stereocenters. The fraction of sp³-hybridized carbons (Fsp3) is 1.00. The second-order valence-electron chi connectivity index (χ2n) is 3.37. The first kappa shape index (κ1) is 11.7. The van der Waals surface area contributed by atoms with Gasteiger partial charge < -0.3 is 0 Å². The van der Waals surface area contributed by atoms with E-state index in [4.69, 9.17) is 0 Å². The molecule has 0 saturated heterocycles. The third kappa shape index (κ3) is 2.31. The molecule has 0 aromatic heterocycles. The third-order valence-electron chi connectivity index (χ3n) is 1.97. The van der Waals surface area contributed by atoms with Crippen molar-refractivity contribution in [3.05, 3.63) is 0 Å². The van der Waals surface area contributed by atoms with Crippen molar-refractivity contribution < 1.29 is 0 Å². The van der Waals surface area contributed by atoms with Crippen molar-refractivity contribution in [3.63, 3.8) is 0 Å². The van der Waals surface area contributed by atoms with E-state index >= 15 is 0 Å². The van der Waals surface area contributed by atoms with Crippen molar-refractivity contribution >= 4 is 22.5 Å². The summed E-state index contributed by atoms with van der Waals surface area (Å²) in [6, 6.07) is 0. The Morgan fingerprint density at radius 3 is 0.909 bits per heavy atom. The molecule has 0 spiro atoms. The Balaban J connectivity index is 4.53. The van der Waals surface area contributed by atoms with Gasteiger partial charge in [0, 0.05) is 0 Å². The van der Waals surface area contributed by atoms with Crippen LogP contribution in [0.25, 0.3) is 0 Å². The Morgan fingerprint density at radius 1 is 0.727 bits per heavy atom. The first-order chi connectivity index (χ1) is 4.83. The zero-order valence-electron chi connectivity index (χ0n) is 8.42. The molecule has 2 radical (unpaired) electrons. The summed E-state index contributed by atoms with van der Waals surface area (Å²) >= 11 is 1.17. The van der Waals surface area contributed by atoms with Gasteiger partial charge >= 0.3 is 83.3 Å². The Kier molecular flexibility index (Phi) is 4.32. The summed E-state index contributed by atoms with van der Waals surface area (Å²) in [4.78, 5) is 6.74. The van der Waals surface area contributed by atoms with E-state index in [2.05, 4.69) is 57.0 Å². The third-order valence-corrected chi connectivity index (χ3v) is 6.40. The van der Waals surface area contributed by atoms with E-state index in [1.54, 1.807) is 0 Å². The molecule has 0 aromatic rings. The number of rotatable bonds is 3. The van der Waals surface area contributed by atoms with Gasteiger partial charge in [-0.1, -0.05) is 0 Å². The van der Waals surface area contributed by atoms with Crippen molar-refractivity contribution in [3.8, 4) is 0 Å². The van der Waals surface area contributed by atoms with Crippen LogP contribution in [0.2, 0.25) is 0 Å². The zero-order chi connectivity index (χ0) is 9.23. The van der Waals surface area contributed by atoms with Gasteiger partial charge in [-0.05, 0) is 0 Å². The molecule has 0 aliphatic heterocycles. The number of hydrogen-bond donors (Lipinski definition) is 0. The summed E-state index contributed by atoms with van der Waals surface area (Å²) in [5.41, 5.74) is 0. The molecular weight excluding hydrogens is 245 g/mol. The summed E-state index contributed by atoms with van der Waals surface area (Å²) in [6.07, 6.45) is 0. The normalized spacial score (nSPS) is 13.6. The monoisotopic (exact) mass is 265 g/mol. The topological polar surface area (TPSA) is 9.72 Å². The maximum atomic E-state index is 2.25. The van der Waals surface area contributed by atoms with Crippen molar-refractivity contribution in [1.82, 2.24) is 14.7 Å². The average molecular weight is 264 g/mol. The van der Waals surface area contributed by atoms with Crippen molar-refractivity contribution in [2.75, 3.05) is 42.3 Å². The van der Waals surface area contributed by atoms with Crippen LogP contribution < -0.4 is 0 Å². The Labute approximate surface area is 83.4 Å². The van der Waals surface area contributed by atoms with Gasteiger partial charge in [0.2, 0.25) is 0 Å². The van der Waals surface area contributed by atoms with Crippen molar-refractivity contribution in [2.24, 2.45) is 0 Å². The van der Waals surface area contributed by atoms with E-state index in [1.807, 2.05) is 0 Å². The van der Waals surface area contributed by atoms with Crippen LogP contribution in [0.3, 0.4) is 0 Å². The molecule has 3 nitrogen and oxygen atoms in total. The van der Waals surface area contributed by atoms with E-state index in [1.165, 1.54) is 22.5 Å². The molecule has 11 heavy (non-hydrogen) atoms. The Bertz CT molecular complexity index is 101. The SMILES string of the molecule is CN(C)[C]([SnH])(N(C)C)N(C)C. The Morgan fingerprint density at radius 2 is 0.909 bits per heavy atom. The molecule has 0 heterocycles. The van der Waals surface area contributed by atoms with Crippen LogP contribution in [0.1, 0.15) is 0 Å². The first-order valence-corrected chi connectivity index (χ1v) is 5.29. The summed E-state index contributed by atoms with van der Waals surface area (Å²) < 4.78 is 0.130. The molecular formula is C7H19N3Sn. The predicted octanol–water partition coefficient (Wildman–Crippen LogP) is -0.817. The van der Waals surface area contributed by atoms with Gasteiger partial charge in [0.05, 0.1) is 0 Å². The molecule has 0 fully saturated rings. The van der Waals surface area contributed by atoms with Crippen LogP contribution >= 0.6 is 0 Å². The van der Waals surface area contributed by atoms with E-state index in [-0.39, 0.29) is 3.80 Å². The predicted molar refractivity (Wildman–Crippen MR) is 50.9 cm³/mol. The van der Waals surface area contributed by atoms with Crippen LogP contribution in [0, 0.1) is 0 Å². The van der Waals surface area contributed by atoms with Crippen molar-refractivity contribution in [2.45, 2.75) is 3.80 Å². The molecule has 0 aliphatic rings. The molecule has 0 rings (SSSR count). The summed E-state index contributed by atoms with van der Waals surface area (Å²) in [6.45, 7) is 0. The fourth-order valence-electron chi connectivity index (χ4n) is 1.20. The maximum absolute atomic E-state index is 2.25. The van der Waals surface area contributed by atoms with Gasteiger partial charge in [0.25, 0.3) is 0 Å². The molecule has 0 unspecified atom stereocenters. The van der Waals surface area contributed by atoms with Crippen molar-refractivity contribution in [1.29, 1.82) is 0 Å². The van der Waals surface area contributed by atoms with E-state index < -0.39 is 0 Å². The summed E-state index contributed by atoms with van der Waals surface area (Å²) in [5, 5.41) is 0. The minimum absolute atomic E-state index is 0.130. The quantitative estimate of drug-likeness (QED) is 0.487. The fourth-order valence-corrected chi connectivity index (χ4v) is 1.20. The standard InChI is InChI=1S/C7H18N3.Sn.H/c1-8(2)7(9(3)4)10(5)6;;/h1-6H3;;. The van der Waals surface area contributed by atoms with Crippen LogP contribution in [-0.4, -0.2) is 83.3 Å². The van der Waals surface area contributed by atoms with Crippen LogP contribution in [0.5, 0.6) is 0 Å². The zero-order valence-corrected chi connectivity index (χ0v) is 11.7. The van der Waals surface area contributed by atoms with Gasteiger partial charge in [-0.25, -0.2) is 0 Å². The van der Waals surface area contributed by atoms with Crippen LogP contribution in [-0.2, 0) is 0 Å². The summed E-state index contributed by atoms with van der Waals surface area (Å²) in [5.74, 6) is 0. The van der Waals surface area contributed by atoms with Gasteiger partial charge in [-0.3, -0.25) is 0 Å². The molecule has 4 heteroatoms. The van der Waals surface area contributed by atoms with Gasteiger partial charge in [0.15, 0.2) is 0 Å². The van der Waals surface area contributed by atoms with Crippen LogP contribution in [0.15, 0.2) is 0 Å². The van der Waals surface area contributed by atoms with Gasteiger partial charge in [-0.2, -0.15) is 0 Å². The second-order valence-corrected chi connectivity index (χ2v) is 5.58. The summed E-state index contributed by atoms with van der Waals surface area (Å²) in [7, 11) is 12.7. The van der Waals surface area contributed by atoms with Gasteiger partial charge in [-0.15, -0.1) is 0 Å². The van der Waals surface area contributed by atoms with E-state index in [9.17, 15) is 0 Å². The number of hydrogen-bond acceptors (Lipinski definition) is 3. The second kappa shape index (κ2) is 4.07. The molecule has 0 amide bonds.